The fourth-order valence-electron chi connectivity index (χ4n) is 0.748. The second kappa shape index (κ2) is 3.54. The van der Waals surface area contributed by atoms with E-state index < -0.39 is 0 Å². The van der Waals surface area contributed by atoms with E-state index in [2.05, 4.69) is 36.4 Å². The van der Waals surface area contributed by atoms with Gasteiger partial charge in [-0.15, -0.1) is 0 Å². The van der Waals surface area contributed by atoms with Crippen LogP contribution in [-0.4, -0.2) is 9.20 Å². The van der Waals surface area contributed by atoms with E-state index in [1.165, 1.54) is 0 Å². The van der Waals surface area contributed by atoms with Crippen LogP contribution in [0.1, 0.15) is 33.6 Å². The van der Waals surface area contributed by atoms with Crippen LogP contribution in [0.15, 0.2) is 0 Å². The third kappa shape index (κ3) is 2.24. The Morgan fingerprint density at radius 2 is 1.78 bits per heavy atom. The summed E-state index contributed by atoms with van der Waals surface area (Å²) in [4.78, 5) is 10.9. The van der Waals surface area contributed by atoms with Crippen molar-refractivity contribution in [2.75, 3.05) is 0 Å². The number of alkyl halides is 1. The van der Waals surface area contributed by atoms with Gasteiger partial charge in [0.05, 0.1) is 3.42 Å². The van der Waals surface area contributed by atoms with Crippen molar-refractivity contribution < 1.29 is 4.79 Å². The summed E-state index contributed by atoms with van der Waals surface area (Å²) in [5, 5.41) is 0. The first-order chi connectivity index (χ1) is 4.06. The van der Waals surface area contributed by atoms with E-state index in [0.717, 1.165) is 12.8 Å². The summed E-state index contributed by atoms with van der Waals surface area (Å²) in [6.07, 6.45) is 1.89. The van der Waals surface area contributed by atoms with Gasteiger partial charge >= 0.3 is 0 Å². The highest BCUT2D eigenvalue weighted by atomic mass is 127. The van der Waals surface area contributed by atoms with Crippen LogP contribution in [0.2, 0.25) is 0 Å². The Morgan fingerprint density at radius 3 is 1.78 bits per heavy atom. The summed E-state index contributed by atoms with van der Waals surface area (Å²) < 4.78 is -0.0856. The van der Waals surface area contributed by atoms with Crippen LogP contribution >= 0.6 is 22.6 Å². The van der Waals surface area contributed by atoms with Crippen molar-refractivity contribution in [2.24, 2.45) is 0 Å². The quantitative estimate of drug-likeness (QED) is 0.547. The van der Waals surface area contributed by atoms with E-state index >= 15 is 0 Å². The molecule has 2 heteroatoms. The maximum atomic E-state index is 10.9. The topological polar surface area (TPSA) is 17.1 Å². The second-order valence-corrected chi connectivity index (χ2v) is 4.29. The molecule has 0 spiro atoms. The van der Waals surface area contributed by atoms with E-state index in [0.29, 0.717) is 5.78 Å². The van der Waals surface area contributed by atoms with Crippen LogP contribution in [0, 0.1) is 0 Å². The molecule has 0 bridgehead atoms. The minimum absolute atomic E-state index is 0.0856. The highest BCUT2D eigenvalue weighted by molar-refractivity contribution is 14.1. The standard InChI is InChI=1S/C7H13IO/c1-4-7(8,5-2)6(3)9/h4-5H2,1-3H3. The number of hydrogen-bond acceptors (Lipinski definition) is 1. The minimum atomic E-state index is -0.0856. The van der Waals surface area contributed by atoms with Crippen molar-refractivity contribution in [1.82, 2.24) is 0 Å². The Bertz CT molecular complexity index is 105. The van der Waals surface area contributed by atoms with Gasteiger partial charge in [0.15, 0.2) is 0 Å². The van der Waals surface area contributed by atoms with Crippen LogP contribution in [0.3, 0.4) is 0 Å². The third-order valence-corrected chi connectivity index (χ3v) is 4.04. The number of rotatable bonds is 3. The second-order valence-electron chi connectivity index (χ2n) is 2.23. The van der Waals surface area contributed by atoms with E-state index in [9.17, 15) is 4.79 Å². The van der Waals surface area contributed by atoms with E-state index in [4.69, 9.17) is 0 Å². The Kier molecular flexibility index (Phi) is 3.70. The summed E-state index contributed by atoms with van der Waals surface area (Å²) in [5.41, 5.74) is 0. The zero-order valence-electron chi connectivity index (χ0n) is 6.20. The van der Waals surface area contributed by atoms with Crippen molar-refractivity contribution in [1.29, 1.82) is 0 Å². The average molecular weight is 240 g/mol. The predicted octanol–water partition coefficient (Wildman–Crippen LogP) is 2.57. The average Bonchev–Trinajstić information content (AvgIpc) is 1.86. The van der Waals surface area contributed by atoms with Gasteiger partial charge in [-0.2, -0.15) is 0 Å². The Balaban J connectivity index is 4.09. The lowest BCUT2D eigenvalue weighted by molar-refractivity contribution is -0.118. The van der Waals surface area contributed by atoms with E-state index in [1.807, 2.05) is 0 Å². The lowest BCUT2D eigenvalue weighted by Crippen LogP contribution is -2.27. The normalized spacial score (nSPS) is 11.6. The summed E-state index contributed by atoms with van der Waals surface area (Å²) >= 11 is 2.24. The summed E-state index contributed by atoms with van der Waals surface area (Å²) in [7, 11) is 0. The van der Waals surface area contributed by atoms with E-state index in [-0.39, 0.29) is 3.42 Å². The summed E-state index contributed by atoms with van der Waals surface area (Å²) in [6, 6.07) is 0. The fourth-order valence-corrected chi connectivity index (χ4v) is 0.748. The molecule has 0 heterocycles. The number of ketones is 1. The van der Waals surface area contributed by atoms with Crippen molar-refractivity contribution in [3.05, 3.63) is 0 Å². The molecule has 0 aromatic heterocycles. The van der Waals surface area contributed by atoms with Crippen LogP contribution < -0.4 is 0 Å². The molecule has 0 aliphatic rings. The van der Waals surface area contributed by atoms with Crippen molar-refractivity contribution in [3.63, 3.8) is 0 Å². The van der Waals surface area contributed by atoms with Gasteiger partial charge in [-0.1, -0.05) is 36.4 Å². The molecule has 0 N–H and O–H groups in total. The Morgan fingerprint density at radius 1 is 1.44 bits per heavy atom. The molecule has 0 amide bonds. The Hall–Kier alpha value is 0.400. The smallest absolute Gasteiger partial charge is 0.145 e. The third-order valence-electron chi connectivity index (χ3n) is 1.75. The van der Waals surface area contributed by atoms with Gasteiger partial charge < -0.3 is 0 Å². The zero-order valence-corrected chi connectivity index (χ0v) is 8.36. The largest absolute Gasteiger partial charge is 0.299 e. The number of carbonyl (C=O) groups excluding carboxylic acids is 1. The lowest BCUT2D eigenvalue weighted by Gasteiger charge is -2.19. The first kappa shape index (κ1) is 9.40. The Labute approximate surface area is 70.4 Å². The molecule has 9 heavy (non-hydrogen) atoms. The van der Waals surface area contributed by atoms with E-state index in [1.54, 1.807) is 6.92 Å². The zero-order chi connectivity index (χ0) is 7.49. The van der Waals surface area contributed by atoms with Gasteiger partial charge in [0, 0.05) is 0 Å². The number of Topliss-reactive ketones (excluding diaryl/α,β-unsaturated/α-hetero) is 1. The molecule has 54 valence electrons. The van der Waals surface area contributed by atoms with Gasteiger partial charge in [0.1, 0.15) is 5.78 Å². The molecule has 0 aliphatic carbocycles. The molecule has 1 nitrogen and oxygen atoms in total. The molecule has 0 radical (unpaired) electrons. The summed E-state index contributed by atoms with van der Waals surface area (Å²) in [6.45, 7) is 5.77. The number of hydrogen-bond donors (Lipinski definition) is 0. The molecule has 0 atom stereocenters. The molecule has 0 rings (SSSR count). The van der Waals surface area contributed by atoms with Gasteiger partial charge in [-0.3, -0.25) is 4.79 Å². The molecule has 0 saturated heterocycles. The monoisotopic (exact) mass is 240 g/mol. The minimum Gasteiger partial charge on any atom is -0.299 e. The maximum absolute atomic E-state index is 10.9. The fraction of sp³-hybridized carbons (Fsp3) is 0.857. The van der Waals surface area contributed by atoms with Crippen LogP contribution in [0.5, 0.6) is 0 Å². The molecule has 0 aromatic carbocycles. The van der Waals surface area contributed by atoms with Crippen molar-refractivity contribution in [3.8, 4) is 0 Å². The number of carbonyl (C=O) groups is 1. The highest BCUT2D eigenvalue weighted by Crippen LogP contribution is 2.27. The van der Waals surface area contributed by atoms with Gasteiger partial charge in [-0.05, 0) is 19.8 Å². The van der Waals surface area contributed by atoms with Gasteiger partial charge in [0.25, 0.3) is 0 Å². The maximum Gasteiger partial charge on any atom is 0.145 e. The van der Waals surface area contributed by atoms with Crippen molar-refractivity contribution in [2.45, 2.75) is 37.0 Å². The van der Waals surface area contributed by atoms with Gasteiger partial charge in [0.2, 0.25) is 0 Å². The molecule has 0 aliphatic heterocycles. The molecule has 0 aromatic rings. The van der Waals surface area contributed by atoms with Crippen molar-refractivity contribution >= 4 is 28.4 Å². The molecule has 0 unspecified atom stereocenters. The highest BCUT2D eigenvalue weighted by Gasteiger charge is 2.26. The number of halogens is 1. The molecular weight excluding hydrogens is 227 g/mol. The molecular formula is C7H13IO. The molecule has 0 fully saturated rings. The van der Waals surface area contributed by atoms with Crippen LogP contribution in [0.4, 0.5) is 0 Å². The van der Waals surface area contributed by atoms with Gasteiger partial charge in [-0.25, -0.2) is 0 Å². The summed E-state index contributed by atoms with van der Waals surface area (Å²) in [5.74, 6) is 0.299. The molecule has 0 saturated carbocycles. The lowest BCUT2D eigenvalue weighted by atomic mass is 9.99. The SMILES string of the molecule is CCC(I)(CC)C(C)=O. The van der Waals surface area contributed by atoms with Crippen LogP contribution in [0.25, 0.3) is 0 Å². The first-order valence-electron chi connectivity index (χ1n) is 3.26. The predicted molar refractivity (Wildman–Crippen MR) is 48.0 cm³/mol. The van der Waals surface area contributed by atoms with Crippen LogP contribution in [-0.2, 0) is 4.79 Å². The first-order valence-corrected chi connectivity index (χ1v) is 4.34.